The summed E-state index contributed by atoms with van der Waals surface area (Å²) in [4.78, 5) is 14.4. The molecule has 0 saturated carbocycles. The molecular formula is C13H21N3O. The van der Waals surface area contributed by atoms with Crippen molar-refractivity contribution in [3.05, 3.63) is 0 Å². The fourth-order valence-electron chi connectivity index (χ4n) is 2.99. The van der Waals surface area contributed by atoms with E-state index in [1.54, 1.807) is 0 Å². The summed E-state index contributed by atoms with van der Waals surface area (Å²) in [7, 11) is 0. The van der Waals surface area contributed by atoms with Gasteiger partial charge in [-0.3, -0.25) is 4.79 Å². The minimum atomic E-state index is -0.475. The highest BCUT2D eigenvalue weighted by atomic mass is 16.1. The number of fused-ring (bicyclic) bond motifs is 1. The number of hydrogen-bond acceptors (Lipinski definition) is 3. The lowest BCUT2D eigenvalue weighted by Gasteiger charge is -2.35. The maximum Gasteiger partial charge on any atom is 0.237 e. The maximum absolute atomic E-state index is 11.8. The highest BCUT2D eigenvalue weighted by Crippen LogP contribution is 2.26. The molecule has 4 nitrogen and oxygen atoms in total. The second-order valence-corrected chi connectivity index (χ2v) is 5.15. The Morgan fingerprint density at radius 2 is 2.35 bits per heavy atom. The van der Waals surface area contributed by atoms with Crippen LogP contribution in [0.1, 0.15) is 39.0 Å². The van der Waals surface area contributed by atoms with E-state index < -0.39 is 5.92 Å². The summed E-state index contributed by atoms with van der Waals surface area (Å²) in [5.41, 5.74) is 0. The smallest absolute Gasteiger partial charge is 0.237 e. The summed E-state index contributed by atoms with van der Waals surface area (Å²) in [5, 5.41) is 11.9. The van der Waals surface area contributed by atoms with Crippen molar-refractivity contribution in [3.8, 4) is 6.07 Å². The molecule has 0 aromatic carbocycles. The van der Waals surface area contributed by atoms with Crippen molar-refractivity contribution in [1.29, 1.82) is 5.26 Å². The molecular weight excluding hydrogens is 214 g/mol. The third kappa shape index (κ3) is 2.78. The minimum absolute atomic E-state index is 0.0774. The van der Waals surface area contributed by atoms with Gasteiger partial charge in [-0.1, -0.05) is 6.92 Å². The van der Waals surface area contributed by atoms with Crippen LogP contribution in [0.2, 0.25) is 0 Å². The van der Waals surface area contributed by atoms with E-state index in [1.807, 2.05) is 6.92 Å². The average molecular weight is 235 g/mol. The van der Waals surface area contributed by atoms with Crippen LogP contribution < -0.4 is 5.32 Å². The molecule has 1 N–H and O–H groups in total. The van der Waals surface area contributed by atoms with Gasteiger partial charge in [-0.25, -0.2) is 0 Å². The highest BCUT2D eigenvalue weighted by Gasteiger charge is 2.32. The lowest BCUT2D eigenvalue weighted by atomic mass is 9.96. The number of hydrogen-bond donors (Lipinski definition) is 1. The molecule has 2 aliphatic heterocycles. The Morgan fingerprint density at radius 1 is 1.53 bits per heavy atom. The molecule has 94 valence electrons. The molecule has 0 radical (unpaired) electrons. The number of carbonyl (C=O) groups excluding carboxylic acids is 1. The zero-order valence-electron chi connectivity index (χ0n) is 10.5. The van der Waals surface area contributed by atoms with Crippen LogP contribution in [-0.2, 0) is 4.79 Å². The van der Waals surface area contributed by atoms with Gasteiger partial charge in [0.05, 0.1) is 6.07 Å². The predicted octanol–water partition coefficient (Wildman–Crippen LogP) is 1.28. The second-order valence-electron chi connectivity index (χ2n) is 5.15. The molecule has 2 heterocycles. The summed E-state index contributed by atoms with van der Waals surface area (Å²) >= 11 is 0. The molecule has 2 rings (SSSR count). The van der Waals surface area contributed by atoms with Crippen molar-refractivity contribution in [2.45, 2.75) is 51.1 Å². The van der Waals surface area contributed by atoms with Crippen LogP contribution in [0.5, 0.6) is 0 Å². The molecule has 2 aliphatic rings. The third-order valence-corrected chi connectivity index (χ3v) is 4.05. The SMILES string of the molecule is CCC(C#N)C(=O)NC1CCN2CCCC2C1. The van der Waals surface area contributed by atoms with Gasteiger partial charge in [0.1, 0.15) is 5.92 Å². The average Bonchev–Trinajstić information content (AvgIpc) is 2.77. The number of nitriles is 1. The Labute approximate surface area is 103 Å². The van der Waals surface area contributed by atoms with E-state index in [0.29, 0.717) is 12.5 Å². The van der Waals surface area contributed by atoms with E-state index in [1.165, 1.54) is 19.4 Å². The zero-order valence-corrected chi connectivity index (χ0v) is 10.5. The first kappa shape index (κ1) is 12.4. The van der Waals surface area contributed by atoms with Crippen molar-refractivity contribution in [2.24, 2.45) is 5.92 Å². The maximum atomic E-state index is 11.8. The molecule has 0 bridgehead atoms. The minimum Gasteiger partial charge on any atom is -0.352 e. The molecule has 17 heavy (non-hydrogen) atoms. The van der Waals surface area contributed by atoms with Crippen molar-refractivity contribution in [2.75, 3.05) is 13.1 Å². The van der Waals surface area contributed by atoms with Gasteiger partial charge in [-0.05, 0) is 38.6 Å². The summed E-state index contributed by atoms with van der Waals surface area (Å²) < 4.78 is 0. The van der Waals surface area contributed by atoms with Gasteiger partial charge in [-0.2, -0.15) is 5.26 Å². The molecule has 3 unspecified atom stereocenters. The van der Waals surface area contributed by atoms with Gasteiger partial charge < -0.3 is 10.2 Å². The van der Waals surface area contributed by atoms with Gasteiger partial charge in [-0.15, -0.1) is 0 Å². The Balaban J connectivity index is 1.84. The molecule has 0 aromatic heterocycles. The van der Waals surface area contributed by atoms with E-state index in [9.17, 15) is 4.79 Å². The first-order chi connectivity index (χ1) is 8.24. The number of carbonyl (C=O) groups is 1. The van der Waals surface area contributed by atoms with Crippen molar-refractivity contribution < 1.29 is 4.79 Å². The van der Waals surface area contributed by atoms with Gasteiger partial charge in [0, 0.05) is 18.6 Å². The summed E-state index contributed by atoms with van der Waals surface area (Å²) in [6, 6.07) is 3.01. The number of rotatable bonds is 3. The van der Waals surface area contributed by atoms with Crippen molar-refractivity contribution in [1.82, 2.24) is 10.2 Å². The van der Waals surface area contributed by atoms with E-state index in [2.05, 4.69) is 16.3 Å². The van der Waals surface area contributed by atoms with Crippen LogP contribution in [0.25, 0.3) is 0 Å². The largest absolute Gasteiger partial charge is 0.352 e. The van der Waals surface area contributed by atoms with E-state index in [-0.39, 0.29) is 11.9 Å². The zero-order chi connectivity index (χ0) is 12.3. The van der Waals surface area contributed by atoms with Crippen LogP contribution >= 0.6 is 0 Å². The third-order valence-electron chi connectivity index (χ3n) is 4.05. The summed E-state index contributed by atoms with van der Waals surface area (Å²) in [5.74, 6) is -0.553. The number of piperidine rings is 1. The van der Waals surface area contributed by atoms with Gasteiger partial charge in [0.2, 0.25) is 5.91 Å². The van der Waals surface area contributed by atoms with Crippen LogP contribution in [0, 0.1) is 17.2 Å². The molecule has 0 spiro atoms. The summed E-state index contributed by atoms with van der Waals surface area (Å²) in [6.45, 7) is 4.20. The van der Waals surface area contributed by atoms with Crippen LogP contribution in [-0.4, -0.2) is 36.0 Å². The lowest BCUT2D eigenvalue weighted by Crippen LogP contribution is -2.48. The Hall–Kier alpha value is -1.08. The molecule has 4 heteroatoms. The normalized spacial score (nSPS) is 30.4. The summed E-state index contributed by atoms with van der Waals surface area (Å²) in [6.07, 6.45) is 5.26. The lowest BCUT2D eigenvalue weighted by molar-refractivity contribution is -0.124. The van der Waals surface area contributed by atoms with Crippen molar-refractivity contribution in [3.63, 3.8) is 0 Å². The number of amides is 1. The molecule has 3 atom stereocenters. The van der Waals surface area contributed by atoms with Gasteiger partial charge in [0.15, 0.2) is 0 Å². The first-order valence-electron chi connectivity index (χ1n) is 6.68. The Morgan fingerprint density at radius 3 is 3.06 bits per heavy atom. The van der Waals surface area contributed by atoms with E-state index in [0.717, 1.165) is 19.4 Å². The van der Waals surface area contributed by atoms with Gasteiger partial charge >= 0.3 is 0 Å². The molecule has 0 aliphatic carbocycles. The molecule has 0 aromatic rings. The monoisotopic (exact) mass is 235 g/mol. The number of nitrogens with zero attached hydrogens (tertiary/aromatic N) is 2. The van der Waals surface area contributed by atoms with Crippen LogP contribution in [0.4, 0.5) is 0 Å². The van der Waals surface area contributed by atoms with Crippen LogP contribution in [0.3, 0.4) is 0 Å². The highest BCUT2D eigenvalue weighted by molar-refractivity contribution is 5.81. The molecule has 1 amide bonds. The quantitative estimate of drug-likeness (QED) is 0.801. The Bertz CT molecular complexity index is 323. The predicted molar refractivity (Wildman–Crippen MR) is 65.2 cm³/mol. The second kappa shape index (κ2) is 5.50. The number of nitrogens with one attached hydrogen (secondary N) is 1. The van der Waals surface area contributed by atoms with Crippen LogP contribution in [0.15, 0.2) is 0 Å². The molecule has 2 saturated heterocycles. The van der Waals surface area contributed by atoms with E-state index >= 15 is 0 Å². The Kier molecular flexibility index (Phi) is 4.01. The first-order valence-corrected chi connectivity index (χ1v) is 6.68. The fourth-order valence-corrected chi connectivity index (χ4v) is 2.99. The fraction of sp³-hybridized carbons (Fsp3) is 0.846. The van der Waals surface area contributed by atoms with Crippen molar-refractivity contribution >= 4 is 5.91 Å². The molecule has 2 fully saturated rings. The topological polar surface area (TPSA) is 56.1 Å². The standard InChI is InChI=1S/C13H21N3O/c1-2-10(9-14)13(17)15-11-5-7-16-6-3-4-12(16)8-11/h10-12H,2-8H2,1H3,(H,15,17). The van der Waals surface area contributed by atoms with Gasteiger partial charge in [0.25, 0.3) is 0 Å². The van der Waals surface area contributed by atoms with E-state index in [4.69, 9.17) is 5.26 Å².